The molecule has 6 heteroatoms. The maximum absolute atomic E-state index is 12.5. The zero-order valence-electron chi connectivity index (χ0n) is 15.8. The number of fused-ring (bicyclic) bond motifs is 1. The summed E-state index contributed by atoms with van der Waals surface area (Å²) in [6.45, 7) is 8.40. The Morgan fingerprint density at radius 2 is 1.65 bits per heavy atom. The van der Waals surface area contributed by atoms with Crippen molar-refractivity contribution in [1.29, 1.82) is 0 Å². The second-order valence-corrected chi connectivity index (χ2v) is 7.67. The van der Waals surface area contributed by atoms with E-state index >= 15 is 0 Å². The fraction of sp³-hybridized carbons (Fsp3) is 0.500. The molecule has 0 bridgehead atoms. The lowest BCUT2D eigenvalue weighted by Crippen LogP contribution is -2.51. The molecule has 0 saturated carbocycles. The quantitative estimate of drug-likeness (QED) is 0.848. The van der Waals surface area contributed by atoms with Gasteiger partial charge >= 0.3 is 6.09 Å². The average Bonchev–Trinajstić information content (AvgIpc) is 3.01. The number of hydrogen-bond donors (Lipinski definition) is 0. The van der Waals surface area contributed by atoms with Crippen molar-refractivity contribution in [2.24, 2.45) is 0 Å². The SMILES string of the molecule is CC(C)(C)OC(=O)N1CCN(C(=O)CCn2ccc3ccccc32)CC1. The molecule has 3 rings (SSSR count). The molecule has 0 unspecified atom stereocenters. The van der Waals surface area contributed by atoms with Crippen LogP contribution in [0.1, 0.15) is 27.2 Å². The van der Waals surface area contributed by atoms with Crippen LogP contribution < -0.4 is 0 Å². The number of carbonyl (C=O) groups excluding carboxylic acids is 2. The Balaban J connectivity index is 1.49. The van der Waals surface area contributed by atoms with E-state index in [1.165, 1.54) is 5.39 Å². The van der Waals surface area contributed by atoms with Crippen LogP contribution in [-0.2, 0) is 16.1 Å². The van der Waals surface area contributed by atoms with Gasteiger partial charge in [0.15, 0.2) is 0 Å². The molecule has 0 atom stereocenters. The third kappa shape index (κ3) is 4.36. The van der Waals surface area contributed by atoms with Crippen molar-refractivity contribution in [3.8, 4) is 0 Å². The number of aryl methyl sites for hydroxylation is 1. The number of aromatic nitrogens is 1. The lowest BCUT2D eigenvalue weighted by atomic mass is 10.2. The van der Waals surface area contributed by atoms with Crippen molar-refractivity contribution < 1.29 is 14.3 Å². The van der Waals surface area contributed by atoms with Gasteiger partial charge in [0.25, 0.3) is 0 Å². The molecular formula is C20H27N3O3. The summed E-state index contributed by atoms with van der Waals surface area (Å²) < 4.78 is 7.51. The van der Waals surface area contributed by atoms with Crippen LogP contribution in [-0.4, -0.2) is 58.1 Å². The minimum absolute atomic E-state index is 0.131. The molecule has 0 spiro atoms. The molecular weight excluding hydrogens is 330 g/mol. The molecule has 1 aliphatic heterocycles. The van der Waals surface area contributed by atoms with E-state index in [-0.39, 0.29) is 12.0 Å². The van der Waals surface area contributed by atoms with Crippen molar-refractivity contribution in [2.45, 2.75) is 39.3 Å². The Kier molecular flexibility index (Phi) is 5.20. The largest absolute Gasteiger partial charge is 0.444 e. The first kappa shape index (κ1) is 18.3. The van der Waals surface area contributed by atoms with Gasteiger partial charge in [-0.2, -0.15) is 0 Å². The van der Waals surface area contributed by atoms with E-state index in [4.69, 9.17) is 4.74 Å². The number of rotatable bonds is 3. The lowest BCUT2D eigenvalue weighted by molar-refractivity contribution is -0.133. The fourth-order valence-corrected chi connectivity index (χ4v) is 3.17. The van der Waals surface area contributed by atoms with Gasteiger partial charge in [0.2, 0.25) is 5.91 Å². The number of hydrogen-bond acceptors (Lipinski definition) is 3. The minimum Gasteiger partial charge on any atom is -0.444 e. The average molecular weight is 357 g/mol. The normalized spacial score (nSPS) is 15.3. The maximum atomic E-state index is 12.5. The molecule has 1 fully saturated rings. The van der Waals surface area contributed by atoms with Gasteiger partial charge in [-0.25, -0.2) is 4.79 Å². The highest BCUT2D eigenvalue weighted by molar-refractivity contribution is 5.80. The molecule has 26 heavy (non-hydrogen) atoms. The van der Waals surface area contributed by atoms with Gasteiger partial charge in [-0.05, 0) is 38.3 Å². The summed E-state index contributed by atoms with van der Waals surface area (Å²) in [7, 11) is 0. The highest BCUT2D eigenvalue weighted by atomic mass is 16.6. The van der Waals surface area contributed by atoms with Gasteiger partial charge in [-0.3, -0.25) is 4.79 Å². The van der Waals surface area contributed by atoms with Crippen molar-refractivity contribution >= 4 is 22.9 Å². The second kappa shape index (κ2) is 7.40. The number of amides is 2. The Morgan fingerprint density at radius 3 is 2.35 bits per heavy atom. The van der Waals surface area contributed by atoms with Crippen molar-refractivity contribution in [3.05, 3.63) is 36.5 Å². The smallest absolute Gasteiger partial charge is 0.410 e. The van der Waals surface area contributed by atoms with E-state index in [2.05, 4.69) is 22.8 Å². The van der Waals surface area contributed by atoms with Gasteiger partial charge in [-0.1, -0.05) is 18.2 Å². The second-order valence-electron chi connectivity index (χ2n) is 7.67. The topological polar surface area (TPSA) is 54.8 Å². The molecule has 0 aliphatic carbocycles. The predicted molar refractivity (Wildman–Crippen MR) is 101 cm³/mol. The first-order valence-corrected chi connectivity index (χ1v) is 9.13. The summed E-state index contributed by atoms with van der Waals surface area (Å²) in [5.74, 6) is 0.131. The summed E-state index contributed by atoms with van der Waals surface area (Å²) in [5, 5.41) is 1.19. The molecule has 2 amide bonds. The number of para-hydroxylation sites is 1. The Bertz CT molecular complexity index is 783. The molecule has 6 nitrogen and oxygen atoms in total. The van der Waals surface area contributed by atoms with Crippen molar-refractivity contribution in [1.82, 2.24) is 14.4 Å². The van der Waals surface area contributed by atoms with E-state index in [0.717, 1.165) is 5.52 Å². The number of nitrogens with zero attached hydrogens (tertiary/aromatic N) is 3. The van der Waals surface area contributed by atoms with Gasteiger partial charge in [-0.15, -0.1) is 0 Å². The van der Waals surface area contributed by atoms with Crippen LogP contribution in [0.4, 0.5) is 4.79 Å². The summed E-state index contributed by atoms with van der Waals surface area (Å²) in [4.78, 5) is 28.1. The van der Waals surface area contributed by atoms with Crippen LogP contribution in [0.5, 0.6) is 0 Å². The number of benzene rings is 1. The van der Waals surface area contributed by atoms with Gasteiger partial charge in [0.1, 0.15) is 5.60 Å². The highest BCUT2D eigenvalue weighted by Crippen LogP contribution is 2.16. The van der Waals surface area contributed by atoms with E-state index < -0.39 is 5.60 Å². The Morgan fingerprint density at radius 1 is 1.00 bits per heavy atom. The van der Waals surface area contributed by atoms with Crippen LogP contribution in [0.2, 0.25) is 0 Å². The fourth-order valence-electron chi connectivity index (χ4n) is 3.17. The van der Waals surface area contributed by atoms with Crippen molar-refractivity contribution in [2.75, 3.05) is 26.2 Å². The zero-order valence-corrected chi connectivity index (χ0v) is 15.8. The van der Waals surface area contributed by atoms with Crippen LogP contribution in [0.15, 0.2) is 36.5 Å². The lowest BCUT2D eigenvalue weighted by Gasteiger charge is -2.35. The Hall–Kier alpha value is -2.50. The highest BCUT2D eigenvalue weighted by Gasteiger charge is 2.27. The Labute approximate surface area is 154 Å². The zero-order chi connectivity index (χ0) is 18.7. The number of ether oxygens (including phenoxy) is 1. The molecule has 1 aliphatic rings. The first-order valence-electron chi connectivity index (χ1n) is 9.13. The van der Waals surface area contributed by atoms with Gasteiger partial charge < -0.3 is 19.1 Å². The minimum atomic E-state index is -0.496. The van der Waals surface area contributed by atoms with Crippen LogP contribution in [0.3, 0.4) is 0 Å². The molecule has 0 radical (unpaired) electrons. The molecule has 1 aromatic heterocycles. The maximum Gasteiger partial charge on any atom is 0.410 e. The molecule has 0 N–H and O–H groups in total. The molecule has 2 heterocycles. The summed E-state index contributed by atoms with van der Waals surface area (Å²) in [5.41, 5.74) is 0.652. The summed E-state index contributed by atoms with van der Waals surface area (Å²) in [6.07, 6.45) is 2.19. The standard InChI is InChI=1S/C20H27N3O3/c1-20(2,3)26-19(25)23-14-12-22(13-15-23)18(24)9-11-21-10-8-16-6-4-5-7-17(16)21/h4-8,10H,9,11-15H2,1-3H3. The van der Waals surface area contributed by atoms with Gasteiger partial charge in [0.05, 0.1) is 0 Å². The molecule has 2 aromatic rings. The van der Waals surface area contributed by atoms with E-state index in [0.29, 0.717) is 39.1 Å². The third-order valence-electron chi connectivity index (χ3n) is 4.53. The van der Waals surface area contributed by atoms with E-state index in [1.54, 1.807) is 4.90 Å². The van der Waals surface area contributed by atoms with Gasteiger partial charge in [0, 0.05) is 50.9 Å². The molecule has 1 aromatic carbocycles. The number of carbonyl (C=O) groups is 2. The molecule has 140 valence electrons. The van der Waals surface area contributed by atoms with Crippen LogP contribution in [0.25, 0.3) is 10.9 Å². The monoisotopic (exact) mass is 357 g/mol. The predicted octanol–water partition coefficient (Wildman–Crippen LogP) is 3.11. The third-order valence-corrected chi connectivity index (χ3v) is 4.53. The summed E-state index contributed by atoms with van der Waals surface area (Å²) in [6, 6.07) is 10.2. The first-order chi connectivity index (χ1) is 12.3. The summed E-state index contributed by atoms with van der Waals surface area (Å²) >= 11 is 0. The van der Waals surface area contributed by atoms with Crippen LogP contribution >= 0.6 is 0 Å². The van der Waals surface area contributed by atoms with E-state index in [1.807, 2.05) is 44.0 Å². The van der Waals surface area contributed by atoms with Crippen molar-refractivity contribution in [3.63, 3.8) is 0 Å². The van der Waals surface area contributed by atoms with E-state index in [9.17, 15) is 9.59 Å². The molecule has 1 saturated heterocycles. The van der Waals surface area contributed by atoms with Crippen LogP contribution in [0, 0.1) is 0 Å². The number of piperazine rings is 1.